The van der Waals surface area contributed by atoms with Gasteiger partial charge in [-0.05, 0) is 43.3 Å². The van der Waals surface area contributed by atoms with Crippen LogP contribution in [0.2, 0.25) is 0 Å². The molecule has 0 aliphatic carbocycles. The summed E-state index contributed by atoms with van der Waals surface area (Å²) in [5.41, 5.74) is 0.608. The van der Waals surface area contributed by atoms with Crippen molar-refractivity contribution in [1.29, 1.82) is 0 Å². The molecule has 4 aromatic carbocycles. The number of cyclic esters (lactones) is 2. The first-order valence-corrected chi connectivity index (χ1v) is 15.9. The number of aliphatic hydroxyl groups is 1. The number of esters is 2. The largest absolute Gasteiger partial charge is 0.397 e. The first-order chi connectivity index (χ1) is 25.1. The van der Waals surface area contributed by atoms with Crippen molar-refractivity contribution in [1.82, 2.24) is 4.90 Å². The van der Waals surface area contributed by atoms with E-state index in [0.29, 0.717) is 45.0 Å². The number of carbonyl (C=O) groups is 4. The summed E-state index contributed by atoms with van der Waals surface area (Å²) in [6, 6.07) is 14.4. The number of amides is 2. The van der Waals surface area contributed by atoms with Gasteiger partial charge in [0.1, 0.15) is 0 Å². The molecular weight excluding hydrogens is 686 g/mol. The van der Waals surface area contributed by atoms with Gasteiger partial charge < -0.3 is 28.8 Å². The molecule has 0 aromatic heterocycles. The summed E-state index contributed by atoms with van der Waals surface area (Å²) in [6.45, 7) is 4.78. The lowest BCUT2D eigenvalue weighted by molar-refractivity contribution is -0.383. The van der Waals surface area contributed by atoms with Crippen LogP contribution in [0.25, 0.3) is 21.5 Å². The first-order valence-electron chi connectivity index (χ1n) is 15.9. The van der Waals surface area contributed by atoms with Gasteiger partial charge in [0.2, 0.25) is 0 Å². The zero-order chi connectivity index (χ0) is 37.8. The van der Waals surface area contributed by atoms with Gasteiger partial charge in [-0.25, -0.2) is 9.59 Å². The van der Waals surface area contributed by atoms with Crippen molar-refractivity contribution < 1.29 is 57.8 Å². The lowest BCUT2D eigenvalue weighted by Crippen LogP contribution is -2.42. The number of nitrogens with zero attached hydrogens (tertiary/aromatic N) is 3. The molecule has 0 fully saturated rings. The number of carbonyl (C=O) groups excluding carboxylic acids is 4. The summed E-state index contributed by atoms with van der Waals surface area (Å²) >= 11 is 0. The molecule has 0 saturated heterocycles. The smallest absolute Gasteiger partial charge is 0.346 e. The molecule has 0 atom stereocenters. The maximum Gasteiger partial charge on any atom is 0.346 e. The van der Waals surface area contributed by atoms with Gasteiger partial charge in [-0.3, -0.25) is 34.7 Å². The molecule has 6 rings (SSSR count). The van der Waals surface area contributed by atoms with Crippen LogP contribution >= 0.6 is 0 Å². The lowest BCUT2D eigenvalue weighted by atomic mass is 9.93. The number of ether oxygens (including phenoxy) is 5. The number of nitro groups is 2. The molecule has 4 aromatic rings. The van der Waals surface area contributed by atoms with Crippen molar-refractivity contribution in [2.45, 2.75) is 6.92 Å². The van der Waals surface area contributed by atoms with Gasteiger partial charge in [-0.2, -0.15) is 0 Å². The Morgan fingerprint density at radius 2 is 1.04 bits per heavy atom. The van der Waals surface area contributed by atoms with Gasteiger partial charge in [0.25, 0.3) is 23.2 Å². The maximum atomic E-state index is 12.8. The fourth-order valence-corrected chi connectivity index (χ4v) is 5.42. The van der Waals surface area contributed by atoms with Crippen LogP contribution in [0.5, 0.6) is 0 Å². The highest BCUT2D eigenvalue weighted by atomic mass is 16.6. The minimum atomic E-state index is -0.779. The summed E-state index contributed by atoms with van der Waals surface area (Å²) in [6.07, 6.45) is 0. The highest BCUT2D eigenvalue weighted by Crippen LogP contribution is 2.36. The highest BCUT2D eigenvalue weighted by Gasteiger charge is 2.34. The van der Waals surface area contributed by atoms with Crippen molar-refractivity contribution in [3.05, 3.63) is 103 Å². The molecule has 0 bridgehead atoms. The molecule has 1 N–H and O–H groups in total. The monoisotopic (exact) mass is 721 g/mol. The molecule has 0 unspecified atom stereocenters. The Kier molecular flexibility index (Phi) is 13.9. The summed E-state index contributed by atoms with van der Waals surface area (Å²) in [5.74, 6) is -2.54. The number of nitro benzene ring substituents is 2. The second kappa shape index (κ2) is 18.5. The molecule has 2 amide bonds. The molecular formula is C35H35N3O14. The molecule has 0 saturated carbocycles. The Hall–Kier alpha value is -5.72. The van der Waals surface area contributed by atoms with E-state index in [4.69, 9.17) is 24.1 Å². The molecule has 17 nitrogen and oxygen atoms in total. The van der Waals surface area contributed by atoms with Gasteiger partial charge >= 0.3 is 11.9 Å². The number of aliphatic hydroxyl groups excluding tert-OH is 1. The third-order valence-electron chi connectivity index (χ3n) is 7.64. The Labute approximate surface area is 295 Å². The molecule has 52 heavy (non-hydrogen) atoms. The van der Waals surface area contributed by atoms with E-state index in [1.807, 2.05) is 0 Å². The van der Waals surface area contributed by atoms with Crippen LogP contribution in [-0.2, 0) is 23.7 Å². The predicted molar refractivity (Wildman–Crippen MR) is 183 cm³/mol. The summed E-state index contributed by atoms with van der Waals surface area (Å²) in [4.78, 5) is 71.0. The summed E-state index contributed by atoms with van der Waals surface area (Å²) < 4.78 is 25.5. The highest BCUT2D eigenvalue weighted by molar-refractivity contribution is 6.26. The second-order valence-electron chi connectivity index (χ2n) is 10.8. The Morgan fingerprint density at radius 3 is 1.54 bits per heavy atom. The predicted octanol–water partition coefficient (Wildman–Crippen LogP) is 4.10. The van der Waals surface area contributed by atoms with Crippen LogP contribution in [0.4, 0.5) is 11.4 Å². The van der Waals surface area contributed by atoms with E-state index in [1.54, 1.807) is 32.2 Å². The maximum absolute atomic E-state index is 12.8. The van der Waals surface area contributed by atoms with Crippen LogP contribution in [0.1, 0.15) is 48.4 Å². The van der Waals surface area contributed by atoms with Crippen molar-refractivity contribution in [2.75, 3.05) is 66.5 Å². The minimum Gasteiger partial charge on any atom is -0.397 e. The van der Waals surface area contributed by atoms with Gasteiger partial charge in [0, 0.05) is 47.7 Å². The number of benzene rings is 4. The average Bonchev–Trinajstić information content (AvgIpc) is 3.13. The zero-order valence-electron chi connectivity index (χ0n) is 28.2. The van der Waals surface area contributed by atoms with Crippen LogP contribution < -0.4 is 0 Å². The number of rotatable bonds is 14. The van der Waals surface area contributed by atoms with E-state index >= 15 is 0 Å². The normalized spacial score (nSPS) is 12.9. The Balaban J connectivity index is 0.000000242. The van der Waals surface area contributed by atoms with Crippen LogP contribution in [0.3, 0.4) is 0 Å². The van der Waals surface area contributed by atoms with Gasteiger partial charge in [-0.15, -0.1) is 0 Å². The molecule has 2 aliphatic rings. The van der Waals surface area contributed by atoms with Crippen LogP contribution in [0.15, 0.2) is 60.7 Å². The van der Waals surface area contributed by atoms with Gasteiger partial charge in [0.05, 0.1) is 84.5 Å². The molecule has 2 heterocycles. The lowest BCUT2D eigenvalue weighted by Gasteiger charge is -2.27. The van der Waals surface area contributed by atoms with Crippen molar-refractivity contribution in [3.8, 4) is 0 Å². The SMILES string of the molecule is CCO.COCCOCCOCCOCCN1C(=O)c2cccc3c([N+](=O)[O-])ccc(c23)C1=O.O=C1OC(=O)c2ccc([N+](=O)[O-])c3cccc1c23. The van der Waals surface area contributed by atoms with E-state index < -0.39 is 33.6 Å². The topological polar surface area (TPSA) is 224 Å². The van der Waals surface area contributed by atoms with E-state index in [0.717, 1.165) is 4.90 Å². The van der Waals surface area contributed by atoms with Crippen molar-refractivity contribution in [3.63, 3.8) is 0 Å². The number of non-ortho nitro benzene ring substituents is 2. The van der Waals surface area contributed by atoms with Gasteiger partial charge in [0.15, 0.2) is 0 Å². The standard InChI is InChI=1S/C21H24N2O8.C12H5NO5.C2H6O/c1-28-9-10-30-13-14-31-12-11-29-8-7-22-20(24)16-4-2-3-15-18(23(26)27)6-5-17(19(15)16)21(22)25;14-11-7-3-1-2-6-9(13(16)17)5-4-8(10(6)7)12(15)18-11;1-2-3/h2-6H,7-14H2,1H3;1-5H;3H,2H2,1H3. The Morgan fingerprint density at radius 1 is 0.635 bits per heavy atom. The molecule has 274 valence electrons. The van der Waals surface area contributed by atoms with Crippen molar-refractivity contribution >= 4 is 56.7 Å². The third kappa shape index (κ3) is 8.76. The molecule has 0 spiro atoms. The average molecular weight is 722 g/mol. The van der Waals surface area contributed by atoms with E-state index in [-0.39, 0.29) is 69.5 Å². The quantitative estimate of drug-likeness (QED) is 0.0483. The summed E-state index contributed by atoms with van der Waals surface area (Å²) in [5, 5.41) is 30.9. The van der Waals surface area contributed by atoms with Crippen LogP contribution in [-0.4, -0.2) is 110 Å². The van der Waals surface area contributed by atoms with Crippen LogP contribution in [0, 0.1) is 20.2 Å². The second-order valence-corrected chi connectivity index (χ2v) is 10.8. The van der Waals surface area contributed by atoms with E-state index in [2.05, 4.69) is 4.74 Å². The fraction of sp³-hybridized carbons (Fsp3) is 0.314. The molecule has 2 aliphatic heterocycles. The number of hydrogen-bond acceptors (Lipinski definition) is 14. The number of methoxy groups -OCH3 is 1. The third-order valence-corrected chi connectivity index (χ3v) is 7.64. The van der Waals surface area contributed by atoms with E-state index in [9.17, 15) is 39.4 Å². The first kappa shape index (κ1) is 39.1. The number of imide groups is 1. The number of hydrogen-bond donors (Lipinski definition) is 1. The van der Waals surface area contributed by atoms with E-state index in [1.165, 1.54) is 42.5 Å². The van der Waals surface area contributed by atoms with Crippen molar-refractivity contribution in [2.24, 2.45) is 0 Å². The zero-order valence-corrected chi connectivity index (χ0v) is 28.2. The Bertz CT molecular complexity index is 1950. The molecule has 17 heteroatoms. The van der Waals surface area contributed by atoms with Gasteiger partial charge in [-0.1, -0.05) is 12.1 Å². The molecule has 0 radical (unpaired) electrons. The summed E-state index contributed by atoms with van der Waals surface area (Å²) in [7, 11) is 1.60. The minimum absolute atomic E-state index is 0.0740. The fourth-order valence-electron chi connectivity index (χ4n) is 5.42.